The number of nitro groups is 1. The van der Waals surface area contributed by atoms with E-state index < -0.39 is 10.7 Å². The van der Waals surface area contributed by atoms with E-state index in [9.17, 15) is 14.9 Å². The average molecular weight is 306 g/mol. The first kappa shape index (κ1) is 13.3. The number of oxazole rings is 1. The van der Waals surface area contributed by atoms with Crippen LogP contribution in [0.15, 0.2) is 45.6 Å². The average Bonchev–Trinajstić information content (AvgIpc) is 2.74. The summed E-state index contributed by atoms with van der Waals surface area (Å²) in [5.41, 5.74) is 1.07. The summed E-state index contributed by atoms with van der Waals surface area (Å²) in [4.78, 5) is 26.3. The standard InChI is InChI=1S/C13H8ClN3O4/c14-12-3-1-2-8(15-12)7-16-10-6-9(17(19)20)4-5-11(10)21-13(16)18/h1-6H,7H2. The van der Waals surface area contributed by atoms with Crippen LogP contribution in [0.1, 0.15) is 5.69 Å². The molecule has 0 amide bonds. The van der Waals surface area contributed by atoms with Gasteiger partial charge in [-0.3, -0.25) is 14.7 Å². The van der Waals surface area contributed by atoms with Crippen LogP contribution < -0.4 is 5.76 Å². The van der Waals surface area contributed by atoms with Gasteiger partial charge in [0.15, 0.2) is 5.58 Å². The van der Waals surface area contributed by atoms with Crippen molar-refractivity contribution in [3.05, 3.63) is 67.9 Å². The van der Waals surface area contributed by atoms with Crippen molar-refractivity contribution in [3.63, 3.8) is 0 Å². The maximum Gasteiger partial charge on any atom is 0.420 e. The van der Waals surface area contributed by atoms with Gasteiger partial charge >= 0.3 is 5.76 Å². The van der Waals surface area contributed by atoms with Crippen molar-refractivity contribution in [2.45, 2.75) is 6.54 Å². The largest absolute Gasteiger partial charge is 0.420 e. The quantitative estimate of drug-likeness (QED) is 0.421. The van der Waals surface area contributed by atoms with Crippen LogP contribution in [-0.4, -0.2) is 14.5 Å². The number of aromatic nitrogens is 2. The Kier molecular flexibility index (Phi) is 3.19. The molecular weight excluding hydrogens is 298 g/mol. The van der Waals surface area contributed by atoms with Gasteiger partial charge in [0.25, 0.3) is 5.69 Å². The molecule has 0 aliphatic carbocycles. The van der Waals surface area contributed by atoms with Crippen LogP contribution in [-0.2, 0) is 6.54 Å². The van der Waals surface area contributed by atoms with Gasteiger partial charge in [0.05, 0.1) is 22.7 Å². The van der Waals surface area contributed by atoms with Crippen LogP contribution in [0.25, 0.3) is 11.1 Å². The number of non-ortho nitro benzene ring substituents is 1. The zero-order valence-corrected chi connectivity index (χ0v) is 11.3. The number of halogens is 1. The molecule has 0 N–H and O–H groups in total. The molecule has 0 aliphatic heterocycles. The van der Waals surface area contributed by atoms with Crippen LogP contribution in [0.5, 0.6) is 0 Å². The molecule has 0 radical (unpaired) electrons. The molecule has 0 saturated heterocycles. The molecule has 0 aliphatic rings. The van der Waals surface area contributed by atoms with Gasteiger partial charge in [-0.05, 0) is 18.2 Å². The molecule has 3 rings (SSSR count). The van der Waals surface area contributed by atoms with Crippen molar-refractivity contribution in [1.29, 1.82) is 0 Å². The van der Waals surface area contributed by atoms with Crippen molar-refractivity contribution < 1.29 is 9.34 Å². The molecule has 2 heterocycles. The van der Waals surface area contributed by atoms with Crippen LogP contribution in [0, 0.1) is 10.1 Å². The highest BCUT2D eigenvalue weighted by Crippen LogP contribution is 2.20. The molecule has 0 saturated carbocycles. The molecule has 2 aromatic heterocycles. The monoisotopic (exact) mass is 305 g/mol. The number of hydrogen-bond acceptors (Lipinski definition) is 5. The molecule has 0 bridgehead atoms. The highest BCUT2D eigenvalue weighted by atomic mass is 35.5. The number of fused-ring (bicyclic) bond motifs is 1. The highest BCUT2D eigenvalue weighted by molar-refractivity contribution is 6.29. The molecule has 0 spiro atoms. The third kappa shape index (κ3) is 2.50. The molecule has 1 aromatic carbocycles. The minimum Gasteiger partial charge on any atom is -0.408 e. The maximum absolute atomic E-state index is 11.9. The first-order valence-corrected chi connectivity index (χ1v) is 6.31. The number of pyridine rings is 1. The number of hydrogen-bond donors (Lipinski definition) is 0. The Balaban J connectivity index is 2.12. The third-order valence-corrected chi connectivity index (χ3v) is 3.17. The van der Waals surface area contributed by atoms with Gasteiger partial charge in [-0.2, -0.15) is 0 Å². The lowest BCUT2D eigenvalue weighted by atomic mass is 10.3. The summed E-state index contributed by atoms with van der Waals surface area (Å²) in [6.45, 7) is 0.119. The molecule has 8 heteroatoms. The van der Waals surface area contributed by atoms with Gasteiger partial charge in [0.1, 0.15) is 5.15 Å². The van der Waals surface area contributed by atoms with E-state index in [2.05, 4.69) is 4.98 Å². The van der Waals surface area contributed by atoms with Crippen LogP contribution in [0.3, 0.4) is 0 Å². The van der Waals surface area contributed by atoms with Crippen LogP contribution in [0.4, 0.5) is 5.69 Å². The Morgan fingerprint density at radius 3 is 2.86 bits per heavy atom. The van der Waals surface area contributed by atoms with Crippen molar-refractivity contribution in [2.75, 3.05) is 0 Å². The third-order valence-electron chi connectivity index (χ3n) is 2.95. The fourth-order valence-electron chi connectivity index (χ4n) is 2.01. The zero-order chi connectivity index (χ0) is 15.0. The summed E-state index contributed by atoms with van der Waals surface area (Å²) >= 11 is 5.80. The van der Waals surface area contributed by atoms with E-state index in [0.717, 1.165) is 0 Å². The highest BCUT2D eigenvalue weighted by Gasteiger charge is 2.14. The van der Waals surface area contributed by atoms with Gasteiger partial charge in [0, 0.05) is 12.1 Å². The fourth-order valence-corrected chi connectivity index (χ4v) is 2.20. The van der Waals surface area contributed by atoms with Crippen molar-refractivity contribution in [1.82, 2.24) is 9.55 Å². The van der Waals surface area contributed by atoms with E-state index in [0.29, 0.717) is 16.4 Å². The first-order valence-electron chi connectivity index (χ1n) is 5.94. The van der Waals surface area contributed by atoms with Crippen LogP contribution in [0.2, 0.25) is 5.15 Å². The van der Waals surface area contributed by atoms with Crippen LogP contribution >= 0.6 is 11.6 Å². The summed E-state index contributed by atoms with van der Waals surface area (Å²) in [5, 5.41) is 11.1. The SMILES string of the molecule is O=c1oc2ccc([N+](=O)[O-])cc2n1Cc1cccc(Cl)n1. The Morgan fingerprint density at radius 1 is 1.33 bits per heavy atom. The lowest BCUT2D eigenvalue weighted by molar-refractivity contribution is -0.384. The summed E-state index contributed by atoms with van der Waals surface area (Å²) in [7, 11) is 0. The predicted molar refractivity (Wildman–Crippen MR) is 75.5 cm³/mol. The summed E-state index contributed by atoms with van der Waals surface area (Å²) in [6, 6.07) is 9.01. The first-order chi connectivity index (χ1) is 10.0. The van der Waals surface area contributed by atoms with E-state index in [1.807, 2.05) is 0 Å². The minimum atomic E-state index is -0.604. The molecule has 0 fully saturated rings. The van der Waals surface area contributed by atoms with Crippen molar-refractivity contribution in [3.8, 4) is 0 Å². The summed E-state index contributed by atoms with van der Waals surface area (Å²) in [5.74, 6) is -0.604. The molecule has 0 atom stereocenters. The smallest absolute Gasteiger partial charge is 0.408 e. The van der Waals surface area contributed by atoms with E-state index in [1.54, 1.807) is 18.2 Å². The second kappa shape index (κ2) is 5.02. The fraction of sp³-hybridized carbons (Fsp3) is 0.0769. The Labute approximate surface area is 122 Å². The van der Waals surface area contributed by atoms with Gasteiger partial charge in [-0.15, -0.1) is 0 Å². The van der Waals surface area contributed by atoms with Gasteiger partial charge in [-0.1, -0.05) is 17.7 Å². The second-order valence-electron chi connectivity index (χ2n) is 4.31. The topological polar surface area (TPSA) is 91.2 Å². The zero-order valence-electron chi connectivity index (χ0n) is 10.5. The van der Waals surface area contributed by atoms with Gasteiger partial charge in [0.2, 0.25) is 0 Å². The van der Waals surface area contributed by atoms with Crippen molar-refractivity contribution in [2.24, 2.45) is 0 Å². The van der Waals surface area contributed by atoms with Gasteiger partial charge in [-0.25, -0.2) is 9.78 Å². The Morgan fingerprint density at radius 2 is 2.14 bits per heavy atom. The van der Waals surface area contributed by atoms with E-state index in [4.69, 9.17) is 16.0 Å². The Bertz CT molecular complexity index is 900. The van der Waals surface area contributed by atoms with Gasteiger partial charge < -0.3 is 4.42 Å². The molecular formula is C13H8ClN3O4. The number of rotatable bonds is 3. The van der Waals surface area contributed by atoms with E-state index in [1.165, 1.54) is 22.8 Å². The Hall–Kier alpha value is -2.67. The van der Waals surface area contributed by atoms with Crippen molar-refractivity contribution >= 4 is 28.4 Å². The van der Waals surface area contributed by atoms with E-state index >= 15 is 0 Å². The van der Waals surface area contributed by atoms with E-state index in [-0.39, 0.29) is 17.8 Å². The molecule has 0 unspecified atom stereocenters. The molecule has 21 heavy (non-hydrogen) atoms. The number of nitro benzene ring substituents is 1. The molecule has 7 nitrogen and oxygen atoms in total. The molecule has 3 aromatic rings. The number of nitrogens with zero attached hydrogens (tertiary/aromatic N) is 3. The maximum atomic E-state index is 11.9. The summed E-state index contributed by atoms with van der Waals surface area (Å²) < 4.78 is 6.34. The second-order valence-corrected chi connectivity index (χ2v) is 4.70. The lowest BCUT2D eigenvalue weighted by Crippen LogP contribution is -2.15. The molecule has 106 valence electrons. The predicted octanol–water partition coefficient (Wildman–Crippen LogP) is 2.60. The number of benzene rings is 1. The normalized spacial score (nSPS) is 10.9. The summed E-state index contributed by atoms with van der Waals surface area (Å²) in [6.07, 6.45) is 0. The lowest BCUT2D eigenvalue weighted by Gasteiger charge is -2.02. The minimum absolute atomic E-state index is 0.115.